The van der Waals surface area contributed by atoms with Crippen LogP contribution in [-0.2, 0) is 9.59 Å². The predicted molar refractivity (Wildman–Crippen MR) is 111 cm³/mol. The molecule has 1 aliphatic rings. The average molecular weight is 402 g/mol. The molecule has 0 saturated carbocycles. The van der Waals surface area contributed by atoms with Crippen LogP contribution in [0.4, 0.5) is 10.1 Å². The van der Waals surface area contributed by atoms with Crippen molar-refractivity contribution in [2.75, 3.05) is 4.90 Å². The van der Waals surface area contributed by atoms with Crippen LogP contribution in [0, 0.1) is 19.7 Å². The van der Waals surface area contributed by atoms with Crippen molar-refractivity contribution in [2.45, 2.75) is 19.9 Å². The largest absolute Gasteiger partial charge is 0.507 e. The number of carbonyl (C=O) groups excluding carboxylic acids is 2. The summed E-state index contributed by atoms with van der Waals surface area (Å²) in [5, 5.41) is 11.0. The number of aromatic nitrogens is 1. The van der Waals surface area contributed by atoms with Crippen LogP contribution < -0.4 is 4.90 Å². The lowest BCUT2D eigenvalue weighted by atomic mass is 9.95. The van der Waals surface area contributed by atoms with Gasteiger partial charge in [0.2, 0.25) is 0 Å². The maximum atomic E-state index is 13.7. The fourth-order valence-electron chi connectivity index (χ4n) is 3.72. The van der Waals surface area contributed by atoms with E-state index >= 15 is 0 Å². The number of ketones is 1. The van der Waals surface area contributed by atoms with Crippen molar-refractivity contribution in [3.63, 3.8) is 0 Å². The van der Waals surface area contributed by atoms with Crippen LogP contribution >= 0.6 is 0 Å². The Bertz CT molecular complexity index is 1190. The van der Waals surface area contributed by atoms with Crippen LogP contribution in [0.25, 0.3) is 5.76 Å². The molecule has 1 saturated heterocycles. The minimum Gasteiger partial charge on any atom is -0.507 e. The van der Waals surface area contributed by atoms with Crippen molar-refractivity contribution < 1.29 is 19.1 Å². The zero-order chi connectivity index (χ0) is 21.4. The summed E-state index contributed by atoms with van der Waals surface area (Å²) in [6.07, 6.45) is 3.13. The number of aryl methyl sites for hydroxylation is 2. The number of benzene rings is 2. The maximum absolute atomic E-state index is 13.7. The number of hydrogen-bond acceptors (Lipinski definition) is 4. The monoisotopic (exact) mass is 402 g/mol. The quantitative estimate of drug-likeness (QED) is 0.399. The van der Waals surface area contributed by atoms with Gasteiger partial charge in [-0.1, -0.05) is 18.2 Å². The number of nitrogens with zero attached hydrogens (tertiary/aromatic N) is 2. The highest BCUT2D eigenvalue weighted by Crippen LogP contribution is 2.42. The molecule has 1 aromatic heterocycles. The highest BCUT2D eigenvalue weighted by molar-refractivity contribution is 6.51. The second-order valence-corrected chi connectivity index (χ2v) is 7.20. The third-order valence-corrected chi connectivity index (χ3v) is 5.27. The molecule has 2 heterocycles. The third kappa shape index (κ3) is 3.16. The van der Waals surface area contributed by atoms with Crippen molar-refractivity contribution in [2.24, 2.45) is 0 Å². The molecule has 4 rings (SSSR count). The van der Waals surface area contributed by atoms with Crippen LogP contribution in [0.5, 0.6) is 0 Å². The van der Waals surface area contributed by atoms with E-state index in [-0.39, 0.29) is 16.9 Å². The van der Waals surface area contributed by atoms with Gasteiger partial charge in [-0.05, 0) is 66.9 Å². The topological polar surface area (TPSA) is 70.5 Å². The first-order valence-electron chi connectivity index (χ1n) is 9.43. The second kappa shape index (κ2) is 7.55. The van der Waals surface area contributed by atoms with E-state index in [0.717, 1.165) is 5.56 Å². The third-order valence-electron chi connectivity index (χ3n) is 5.27. The van der Waals surface area contributed by atoms with Gasteiger partial charge in [-0.25, -0.2) is 4.39 Å². The van der Waals surface area contributed by atoms with Crippen LogP contribution in [-0.4, -0.2) is 21.8 Å². The van der Waals surface area contributed by atoms with Crippen molar-refractivity contribution in [3.8, 4) is 0 Å². The molecule has 0 spiro atoms. The summed E-state index contributed by atoms with van der Waals surface area (Å²) in [6.45, 7) is 3.42. The van der Waals surface area contributed by atoms with Crippen molar-refractivity contribution >= 4 is 23.1 Å². The molecule has 1 unspecified atom stereocenters. The number of anilines is 1. The number of rotatable bonds is 3. The smallest absolute Gasteiger partial charge is 0.300 e. The average Bonchev–Trinajstić information content (AvgIpc) is 3.01. The fourth-order valence-corrected chi connectivity index (χ4v) is 3.72. The van der Waals surface area contributed by atoms with Crippen molar-refractivity contribution in [1.29, 1.82) is 0 Å². The number of amides is 1. The summed E-state index contributed by atoms with van der Waals surface area (Å²) in [7, 11) is 0. The number of hydrogen-bond donors (Lipinski definition) is 1. The molecule has 1 atom stereocenters. The number of carbonyl (C=O) groups is 2. The Balaban J connectivity index is 1.97. The van der Waals surface area contributed by atoms with Crippen molar-refractivity contribution in [1.82, 2.24) is 4.98 Å². The van der Waals surface area contributed by atoms with Gasteiger partial charge in [0, 0.05) is 23.6 Å². The minimum atomic E-state index is -0.834. The first-order chi connectivity index (χ1) is 14.4. The molecular formula is C24H19FN2O3. The minimum absolute atomic E-state index is 0.0412. The lowest BCUT2D eigenvalue weighted by Crippen LogP contribution is -2.30. The summed E-state index contributed by atoms with van der Waals surface area (Å²) in [5.74, 6) is -2.28. The molecule has 30 heavy (non-hydrogen) atoms. The van der Waals surface area contributed by atoms with E-state index in [1.807, 2.05) is 19.1 Å². The lowest BCUT2D eigenvalue weighted by molar-refractivity contribution is -0.132. The molecule has 2 aromatic carbocycles. The Labute approximate surface area is 173 Å². The SMILES string of the molecule is Cc1cc(/C(O)=C2/C(=O)C(=O)N(c3ccccc3C)C2c2ccncc2)ccc1F. The number of halogens is 1. The molecule has 0 radical (unpaired) electrons. The number of Topliss-reactive ketones (excluding diaryl/α,β-unsaturated/α-hetero) is 1. The normalized spacial score (nSPS) is 18.1. The van der Waals surface area contributed by atoms with E-state index < -0.39 is 23.5 Å². The number of para-hydroxylation sites is 1. The Morgan fingerprint density at radius 1 is 1.00 bits per heavy atom. The standard InChI is InChI=1S/C24H19FN2O3/c1-14-5-3-4-6-19(14)27-21(16-9-11-26-12-10-16)20(23(29)24(27)30)22(28)17-7-8-18(25)15(2)13-17/h3-13,21,28H,1-2H3/b22-20-. The van der Waals surface area contributed by atoms with E-state index in [4.69, 9.17) is 0 Å². The first-order valence-corrected chi connectivity index (χ1v) is 9.43. The van der Waals surface area contributed by atoms with E-state index in [1.165, 1.54) is 23.1 Å². The molecule has 3 aromatic rings. The van der Waals surface area contributed by atoms with Gasteiger partial charge in [0.05, 0.1) is 11.6 Å². The van der Waals surface area contributed by atoms with E-state index in [0.29, 0.717) is 16.8 Å². The van der Waals surface area contributed by atoms with Crippen LogP contribution in [0.2, 0.25) is 0 Å². The molecule has 0 bridgehead atoms. The van der Waals surface area contributed by atoms with Gasteiger partial charge in [-0.3, -0.25) is 19.5 Å². The second-order valence-electron chi connectivity index (χ2n) is 7.20. The molecule has 5 nitrogen and oxygen atoms in total. The summed E-state index contributed by atoms with van der Waals surface area (Å²) in [6, 6.07) is 13.9. The lowest BCUT2D eigenvalue weighted by Gasteiger charge is -2.26. The summed E-state index contributed by atoms with van der Waals surface area (Å²) >= 11 is 0. The van der Waals surface area contributed by atoms with Crippen LogP contribution in [0.1, 0.15) is 28.3 Å². The Morgan fingerprint density at radius 2 is 1.70 bits per heavy atom. The molecule has 1 amide bonds. The highest BCUT2D eigenvalue weighted by Gasteiger charge is 2.47. The Hall–Kier alpha value is -3.80. The molecule has 1 aliphatic heterocycles. The number of pyridine rings is 1. The maximum Gasteiger partial charge on any atom is 0.300 e. The van der Waals surface area contributed by atoms with E-state index in [9.17, 15) is 19.1 Å². The van der Waals surface area contributed by atoms with Gasteiger partial charge < -0.3 is 5.11 Å². The zero-order valence-electron chi connectivity index (χ0n) is 16.5. The van der Waals surface area contributed by atoms with Gasteiger partial charge >= 0.3 is 0 Å². The zero-order valence-corrected chi connectivity index (χ0v) is 16.5. The highest BCUT2D eigenvalue weighted by atomic mass is 19.1. The van der Waals surface area contributed by atoms with Gasteiger partial charge in [0.25, 0.3) is 11.7 Å². The molecular weight excluding hydrogens is 383 g/mol. The number of aliphatic hydroxyl groups excluding tert-OH is 1. The van der Waals surface area contributed by atoms with E-state index in [2.05, 4.69) is 4.98 Å². The Morgan fingerprint density at radius 3 is 2.37 bits per heavy atom. The molecule has 1 N–H and O–H groups in total. The summed E-state index contributed by atoms with van der Waals surface area (Å²) < 4.78 is 13.7. The van der Waals surface area contributed by atoms with Crippen LogP contribution in [0.3, 0.4) is 0 Å². The van der Waals surface area contributed by atoms with Gasteiger partial charge in [0.1, 0.15) is 11.6 Å². The predicted octanol–water partition coefficient (Wildman–Crippen LogP) is 4.46. The Kier molecular flexibility index (Phi) is 4.91. The summed E-state index contributed by atoms with van der Waals surface area (Å²) in [4.78, 5) is 31.5. The van der Waals surface area contributed by atoms with Crippen molar-refractivity contribution in [3.05, 3.63) is 101 Å². The fraction of sp³-hybridized carbons (Fsp3) is 0.125. The van der Waals surface area contributed by atoms with Gasteiger partial charge in [-0.2, -0.15) is 0 Å². The van der Waals surface area contributed by atoms with Gasteiger partial charge in [0.15, 0.2) is 0 Å². The summed E-state index contributed by atoms with van der Waals surface area (Å²) in [5.41, 5.74) is 2.59. The van der Waals surface area contributed by atoms with E-state index in [1.54, 1.807) is 43.6 Å². The molecule has 150 valence electrons. The molecule has 0 aliphatic carbocycles. The molecule has 1 fully saturated rings. The number of aliphatic hydroxyl groups is 1. The molecule has 6 heteroatoms. The van der Waals surface area contributed by atoms with Crippen LogP contribution in [0.15, 0.2) is 72.6 Å². The van der Waals surface area contributed by atoms with Gasteiger partial charge in [-0.15, -0.1) is 0 Å². The first kappa shape index (κ1) is 19.5.